The van der Waals surface area contributed by atoms with Gasteiger partial charge in [0.1, 0.15) is 5.82 Å². The predicted octanol–water partition coefficient (Wildman–Crippen LogP) is 2.92. The minimum absolute atomic E-state index is 0.223. The molecule has 0 saturated carbocycles. The van der Waals surface area contributed by atoms with Gasteiger partial charge in [0.05, 0.1) is 0 Å². The monoisotopic (exact) mass is 251 g/mol. The maximum absolute atomic E-state index is 12.7. The number of nitrogens with zero attached hydrogens (tertiary/aromatic N) is 2. The second kappa shape index (κ2) is 5.59. The third-order valence-corrected chi connectivity index (χ3v) is 2.55. The van der Waals surface area contributed by atoms with E-state index in [0.29, 0.717) is 17.5 Å². The Morgan fingerprint density at radius 1 is 1.12 bits per heavy atom. The third-order valence-electron chi connectivity index (χ3n) is 2.27. The van der Waals surface area contributed by atoms with Crippen molar-refractivity contribution in [1.82, 2.24) is 9.97 Å². The molecule has 0 unspecified atom stereocenters. The molecule has 0 aliphatic heterocycles. The van der Waals surface area contributed by atoms with E-state index in [9.17, 15) is 4.39 Å². The van der Waals surface area contributed by atoms with Gasteiger partial charge in [0.2, 0.25) is 0 Å². The summed E-state index contributed by atoms with van der Waals surface area (Å²) in [5.74, 6) is 0.343. The summed E-state index contributed by atoms with van der Waals surface area (Å²) < 4.78 is 12.7. The van der Waals surface area contributed by atoms with Gasteiger partial charge in [-0.1, -0.05) is 23.7 Å². The summed E-state index contributed by atoms with van der Waals surface area (Å²) in [6.45, 7) is 0.671. The van der Waals surface area contributed by atoms with Crippen LogP contribution in [0, 0.1) is 5.82 Å². The molecule has 0 aliphatic carbocycles. The molecular formula is C12H11ClFN3. The van der Waals surface area contributed by atoms with Gasteiger partial charge in [-0.15, -0.1) is 0 Å². The lowest BCUT2D eigenvalue weighted by molar-refractivity contribution is 0.627. The first kappa shape index (κ1) is 11.8. The summed E-state index contributed by atoms with van der Waals surface area (Å²) in [6.07, 6.45) is 3.88. The highest BCUT2D eigenvalue weighted by atomic mass is 35.5. The molecule has 2 aromatic rings. The summed E-state index contributed by atoms with van der Waals surface area (Å²) in [4.78, 5) is 7.97. The van der Waals surface area contributed by atoms with Crippen LogP contribution in [0.5, 0.6) is 0 Å². The van der Waals surface area contributed by atoms with Crippen molar-refractivity contribution in [3.63, 3.8) is 0 Å². The molecule has 1 aromatic heterocycles. The van der Waals surface area contributed by atoms with Crippen LogP contribution in [0.1, 0.15) is 5.56 Å². The van der Waals surface area contributed by atoms with Gasteiger partial charge in [0.15, 0.2) is 11.0 Å². The van der Waals surface area contributed by atoms with Crippen LogP contribution >= 0.6 is 11.6 Å². The lowest BCUT2D eigenvalue weighted by atomic mass is 10.1. The molecule has 3 nitrogen and oxygen atoms in total. The van der Waals surface area contributed by atoms with E-state index in [1.54, 1.807) is 18.3 Å². The minimum Gasteiger partial charge on any atom is -0.367 e. The SMILES string of the molecule is Fc1ccc(CCNc2nccnc2Cl)cc1. The molecule has 5 heteroatoms. The molecule has 0 aliphatic rings. The van der Waals surface area contributed by atoms with E-state index in [1.807, 2.05) is 0 Å². The lowest BCUT2D eigenvalue weighted by Crippen LogP contribution is -2.07. The maximum Gasteiger partial charge on any atom is 0.171 e. The zero-order valence-electron chi connectivity index (χ0n) is 9.03. The lowest BCUT2D eigenvalue weighted by Gasteiger charge is -2.06. The third kappa shape index (κ3) is 3.39. The Bertz CT molecular complexity index is 487. The molecule has 0 spiro atoms. The fraction of sp³-hybridized carbons (Fsp3) is 0.167. The van der Waals surface area contributed by atoms with Crippen molar-refractivity contribution < 1.29 is 4.39 Å². The molecule has 0 bridgehead atoms. The number of hydrogen-bond donors (Lipinski definition) is 1. The minimum atomic E-state index is -0.223. The largest absolute Gasteiger partial charge is 0.367 e. The molecular weight excluding hydrogens is 241 g/mol. The first-order valence-electron chi connectivity index (χ1n) is 5.20. The first-order chi connectivity index (χ1) is 8.25. The first-order valence-corrected chi connectivity index (χ1v) is 5.58. The molecule has 0 atom stereocenters. The van der Waals surface area contributed by atoms with Crippen molar-refractivity contribution >= 4 is 17.4 Å². The van der Waals surface area contributed by atoms with Crippen LogP contribution < -0.4 is 5.32 Å². The topological polar surface area (TPSA) is 37.8 Å². The van der Waals surface area contributed by atoms with Crippen LogP contribution in [-0.2, 0) is 6.42 Å². The number of rotatable bonds is 4. The maximum atomic E-state index is 12.7. The number of aromatic nitrogens is 2. The van der Waals surface area contributed by atoms with Crippen molar-refractivity contribution in [2.45, 2.75) is 6.42 Å². The highest BCUT2D eigenvalue weighted by Gasteiger charge is 2.00. The van der Waals surface area contributed by atoms with E-state index >= 15 is 0 Å². The normalized spacial score (nSPS) is 10.2. The number of hydrogen-bond acceptors (Lipinski definition) is 3. The predicted molar refractivity (Wildman–Crippen MR) is 65.6 cm³/mol. The van der Waals surface area contributed by atoms with Crippen molar-refractivity contribution in [3.05, 3.63) is 53.2 Å². The highest BCUT2D eigenvalue weighted by Crippen LogP contribution is 2.14. The van der Waals surface area contributed by atoms with Crippen LogP contribution in [0.3, 0.4) is 0 Å². The van der Waals surface area contributed by atoms with Gasteiger partial charge in [0.25, 0.3) is 0 Å². The van der Waals surface area contributed by atoms with Crippen molar-refractivity contribution in [3.8, 4) is 0 Å². The second-order valence-corrected chi connectivity index (χ2v) is 3.86. The highest BCUT2D eigenvalue weighted by molar-refractivity contribution is 6.31. The molecule has 0 amide bonds. The van der Waals surface area contributed by atoms with E-state index in [2.05, 4.69) is 15.3 Å². The summed E-state index contributed by atoms with van der Waals surface area (Å²) in [7, 11) is 0. The van der Waals surface area contributed by atoms with Gasteiger partial charge in [-0.25, -0.2) is 14.4 Å². The van der Waals surface area contributed by atoms with Gasteiger partial charge >= 0.3 is 0 Å². The Hall–Kier alpha value is -1.68. The van der Waals surface area contributed by atoms with Gasteiger partial charge in [-0.3, -0.25) is 0 Å². The Morgan fingerprint density at radius 3 is 2.53 bits per heavy atom. The molecule has 1 N–H and O–H groups in total. The smallest absolute Gasteiger partial charge is 0.171 e. The van der Waals surface area contributed by atoms with E-state index < -0.39 is 0 Å². The van der Waals surface area contributed by atoms with Gasteiger partial charge < -0.3 is 5.32 Å². The molecule has 0 fully saturated rings. The van der Waals surface area contributed by atoms with Crippen molar-refractivity contribution in [1.29, 1.82) is 0 Å². The molecule has 1 heterocycles. The molecule has 0 radical (unpaired) electrons. The van der Waals surface area contributed by atoms with Gasteiger partial charge in [0, 0.05) is 18.9 Å². The van der Waals surface area contributed by atoms with E-state index in [1.165, 1.54) is 18.3 Å². The van der Waals surface area contributed by atoms with Gasteiger partial charge in [-0.2, -0.15) is 0 Å². The number of anilines is 1. The molecule has 88 valence electrons. The molecule has 2 rings (SSSR count). The second-order valence-electron chi connectivity index (χ2n) is 3.50. The van der Waals surface area contributed by atoms with Crippen LogP contribution in [0.4, 0.5) is 10.2 Å². The number of halogens is 2. The standard InChI is InChI=1S/C12H11ClFN3/c13-11-12(17-8-7-15-11)16-6-5-9-1-3-10(14)4-2-9/h1-4,7-8H,5-6H2,(H,16,17). The molecule has 0 saturated heterocycles. The Kier molecular flexibility index (Phi) is 3.88. The average molecular weight is 252 g/mol. The Morgan fingerprint density at radius 2 is 1.82 bits per heavy atom. The Labute approximate surface area is 104 Å². The summed E-state index contributed by atoms with van der Waals surface area (Å²) in [5.41, 5.74) is 1.05. The van der Waals surface area contributed by atoms with Crippen LogP contribution in [0.25, 0.3) is 0 Å². The zero-order chi connectivity index (χ0) is 12.1. The van der Waals surface area contributed by atoms with Crippen molar-refractivity contribution in [2.75, 3.05) is 11.9 Å². The van der Waals surface area contributed by atoms with Crippen LogP contribution in [0.2, 0.25) is 5.15 Å². The number of nitrogens with one attached hydrogen (secondary N) is 1. The fourth-order valence-corrected chi connectivity index (χ4v) is 1.59. The number of benzene rings is 1. The summed E-state index contributed by atoms with van der Waals surface area (Å²) in [5, 5.41) is 3.43. The van der Waals surface area contributed by atoms with Gasteiger partial charge in [-0.05, 0) is 24.1 Å². The summed E-state index contributed by atoms with van der Waals surface area (Å²) in [6, 6.07) is 6.42. The fourth-order valence-electron chi connectivity index (χ4n) is 1.42. The summed E-state index contributed by atoms with van der Waals surface area (Å²) >= 11 is 5.84. The van der Waals surface area contributed by atoms with E-state index in [-0.39, 0.29) is 5.82 Å². The van der Waals surface area contributed by atoms with E-state index in [4.69, 9.17) is 11.6 Å². The quantitative estimate of drug-likeness (QED) is 0.908. The molecule has 1 aromatic carbocycles. The van der Waals surface area contributed by atoms with E-state index in [0.717, 1.165) is 12.0 Å². The van der Waals surface area contributed by atoms with Crippen LogP contribution in [0.15, 0.2) is 36.7 Å². The zero-order valence-corrected chi connectivity index (χ0v) is 9.78. The van der Waals surface area contributed by atoms with Crippen molar-refractivity contribution in [2.24, 2.45) is 0 Å². The molecule has 17 heavy (non-hydrogen) atoms. The Balaban J connectivity index is 1.88. The van der Waals surface area contributed by atoms with Crippen LogP contribution in [-0.4, -0.2) is 16.5 Å². The average Bonchev–Trinajstić information content (AvgIpc) is 2.34.